The van der Waals surface area contributed by atoms with Gasteiger partial charge in [-0.3, -0.25) is 9.10 Å². The maximum absolute atomic E-state index is 13.6. The minimum absolute atomic E-state index is 0.0293. The molecule has 8 nitrogen and oxygen atoms in total. The average Bonchev–Trinajstić information content (AvgIpc) is 2.86. The van der Waals surface area contributed by atoms with Gasteiger partial charge in [-0.2, -0.15) is 5.10 Å². The quantitative estimate of drug-likeness (QED) is 0.336. The van der Waals surface area contributed by atoms with E-state index in [1.54, 1.807) is 55.5 Å². The van der Waals surface area contributed by atoms with Crippen molar-refractivity contribution in [2.24, 2.45) is 5.10 Å². The van der Waals surface area contributed by atoms with Crippen LogP contribution in [-0.4, -0.2) is 40.8 Å². The van der Waals surface area contributed by atoms with Crippen LogP contribution in [0.5, 0.6) is 11.5 Å². The molecule has 0 radical (unpaired) electrons. The number of carbonyl (C=O) groups is 1. The highest BCUT2D eigenvalue weighted by molar-refractivity contribution is 7.92. The largest absolute Gasteiger partial charge is 0.497 e. The van der Waals surface area contributed by atoms with Gasteiger partial charge in [0.15, 0.2) is 0 Å². The van der Waals surface area contributed by atoms with E-state index < -0.39 is 22.5 Å². The Hall–Kier alpha value is -3.56. The van der Waals surface area contributed by atoms with Gasteiger partial charge < -0.3 is 9.47 Å². The Morgan fingerprint density at radius 3 is 2.26 bits per heavy atom. The number of ether oxygens (including phenoxy) is 2. The first-order valence-corrected chi connectivity index (χ1v) is 12.4. The first-order chi connectivity index (χ1) is 16.6. The van der Waals surface area contributed by atoms with Gasteiger partial charge in [0, 0.05) is 11.1 Å². The molecule has 3 aromatic carbocycles. The van der Waals surface area contributed by atoms with Crippen LogP contribution < -0.4 is 19.2 Å². The van der Waals surface area contributed by atoms with E-state index in [0.29, 0.717) is 16.5 Å². The molecule has 0 fully saturated rings. The summed E-state index contributed by atoms with van der Waals surface area (Å²) in [5, 5.41) is 4.69. The lowest BCUT2D eigenvalue weighted by Crippen LogP contribution is -2.40. The van der Waals surface area contributed by atoms with Crippen LogP contribution in [0.25, 0.3) is 0 Å². The number of nitrogens with zero attached hydrogens (tertiary/aromatic N) is 2. The predicted octanol–water partition coefficient (Wildman–Crippen LogP) is 4.40. The Kier molecular flexibility index (Phi) is 8.37. The Morgan fingerprint density at radius 1 is 1.00 bits per heavy atom. The summed E-state index contributed by atoms with van der Waals surface area (Å²) in [5.74, 6) is 0.0240. The average molecular weight is 516 g/mol. The van der Waals surface area contributed by atoms with Crippen molar-refractivity contribution < 1.29 is 22.7 Å². The predicted molar refractivity (Wildman–Crippen MR) is 137 cm³/mol. The van der Waals surface area contributed by atoms with Crippen molar-refractivity contribution in [3.05, 3.63) is 82.9 Å². The zero-order valence-electron chi connectivity index (χ0n) is 19.8. The van der Waals surface area contributed by atoms with Crippen LogP contribution in [0, 0.1) is 6.92 Å². The van der Waals surface area contributed by atoms with Crippen molar-refractivity contribution in [3.63, 3.8) is 0 Å². The molecular weight excluding hydrogens is 490 g/mol. The fraction of sp³-hybridized carbons (Fsp3) is 0.200. The second-order valence-corrected chi connectivity index (χ2v) is 9.90. The number of anilines is 1. The second kappa shape index (κ2) is 11.2. The molecule has 0 bridgehead atoms. The van der Waals surface area contributed by atoms with Crippen molar-refractivity contribution in [1.82, 2.24) is 5.43 Å². The summed E-state index contributed by atoms with van der Waals surface area (Å²) in [7, 11) is -1.26. The number of hydrogen-bond acceptors (Lipinski definition) is 6. The highest BCUT2D eigenvalue weighted by Crippen LogP contribution is 2.35. The maximum Gasteiger partial charge on any atom is 0.264 e. The molecule has 0 saturated carbocycles. The molecule has 0 aliphatic heterocycles. The van der Waals surface area contributed by atoms with Gasteiger partial charge in [0.2, 0.25) is 0 Å². The molecule has 0 aliphatic carbocycles. The van der Waals surface area contributed by atoms with Gasteiger partial charge in [-0.25, -0.2) is 13.8 Å². The molecule has 0 atom stereocenters. The van der Waals surface area contributed by atoms with E-state index in [4.69, 9.17) is 21.1 Å². The molecule has 3 rings (SSSR count). The van der Waals surface area contributed by atoms with E-state index in [1.165, 1.54) is 32.4 Å². The Labute approximate surface area is 210 Å². The lowest BCUT2D eigenvalue weighted by atomic mass is 10.1. The number of amides is 1. The molecule has 0 saturated heterocycles. The molecular formula is C25H26ClN3O5S. The zero-order valence-corrected chi connectivity index (χ0v) is 21.4. The summed E-state index contributed by atoms with van der Waals surface area (Å²) in [6, 6.07) is 18.0. The van der Waals surface area contributed by atoms with Crippen molar-refractivity contribution >= 4 is 38.9 Å². The molecule has 10 heteroatoms. The monoisotopic (exact) mass is 515 g/mol. The van der Waals surface area contributed by atoms with Gasteiger partial charge >= 0.3 is 0 Å². The number of sulfonamides is 1. The number of halogens is 1. The van der Waals surface area contributed by atoms with Gasteiger partial charge in [-0.05, 0) is 55.8 Å². The number of aryl methyl sites for hydroxylation is 1. The smallest absolute Gasteiger partial charge is 0.264 e. The molecule has 0 unspecified atom stereocenters. The summed E-state index contributed by atoms with van der Waals surface area (Å²) >= 11 is 5.92. The highest BCUT2D eigenvalue weighted by atomic mass is 35.5. The van der Waals surface area contributed by atoms with Crippen molar-refractivity contribution in [2.45, 2.75) is 18.7 Å². The second-order valence-electron chi connectivity index (χ2n) is 7.60. The lowest BCUT2D eigenvalue weighted by Gasteiger charge is -2.25. The normalized spacial score (nSPS) is 11.6. The maximum atomic E-state index is 13.6. The van der Waals surface area contributed by atoms with E-state index in [2.05, 4.69) is 10.5 Å². The third kappa shape index (κ3) is 6.32. The Morgan fingerprint density at radius 2 is 1.66 bits per heavy atom. The van der Waals surface area contributed by atoms with E-state index in [0.717, 1.165) is 15.4 Å². The number of carbonyl (C=O) groups excluding carboxylic acids is 1. The standard InChI is InChI=1S/C25H26ClN3O5S/c1-17-5-12-22(13-6-17)35(31,32)29(23-15-21(33-3)11-14-24(23)34-4)16-25(30)28-27-18(2)19-7-9-20(26)10-8-19/h5-15H,16H2,1-4H3,(H,28,30)/b27-18-. The number of benzene rings is 3. The summed E-state index contributed by atoms with van der Waals surface area (Å²) < 4.78 is 38.9. The molecule has 35 heavy (non-hydrogen) atoms. The first kappa shape index (κ1) is 26.1. The van der Waals surface area contributed by atoms with E-state index >= 15 is 0 Å². The molecule has 1 amide bonds. The van der Waals surface area contributed by atoms with Crippen molar-refractivity contribution in [1.29, 1.82) is 0 Å². The SMILES string of the molecule is COc1ccc(OC)c(N(CC(=O)N/N=C(/C)c2ccc(Cl)cc2)S(=O)(=O)c2ccc(C)cc2)c1. The molecule has 0 spiro atoms. The number of nitrogens with one attached hydrogen (secondary N) is 1. The van der Waals surface area contributed by atoms with Crippen LogP contribution in [0.1, 0.15) is 18.1 Å². The fourth-order valence-corrected chi connectivity index (χ4v) is 4.75. The number of methoxy groups -OCH3 is 2. The summed E-state index contributed by atoms with van der Waals surface area (Å²) in [6.07, 6.45) is 0. The fourth-order valence-electron chi connectivity index (χ4n) is 3.20. The van der Waals surface area contributed by atoms with Gasteiger partial charge in [0.1, 0.15) is 18.0 Å². The van der Waals surface area contributed by atoms with Gasteiger partial charge in [-0.15, -0.1) is 0 Å². The van der Waals surface area contributed by atoms with Crippen LogP contribution in [0.15, 0.2) is 76.7 Å². The summed E-state index contributed by atoms with van der Waals surface area (Å²) in [6.45, 7) is 3.03. The van der Waals surface area contributed by atoms with Crippen LogP contribution in [0.2, 0.25) is 5.02 Å². The van der Waals surface area contributed by atoms with E-state index in [-0.39, 0.29) is 16.3 Å². The first-order valence-electron chi connectivity index (χ1n) is 10.6. The third-order valence-corrected chi connectivity index (χ3v) is 7.19. The number of hydrogen-bond donors (Lipinski definition) is 1. The Bertz CT molecular complexity index is 1320. The number of rotatable bonds is 9. The summed E-state index contributed by atoms with van der Waals surface area (Å²) in [5.41, 5.74) is 4.78. The van der Waals surface area contributed by atoms with Gasteiger partial charge in [0.25, 0.3) is 15.9 Å². The van der Waals surface area contributed by atoms with Crippen LogP contribution >= 0.6 is 11.6 Å². The van der Waals surface area contributed by atoms with Crippen molar-refractivity contribution in [3.8, 4) is 11.5 Å². The van der Waals surface area contributed by atoms with Gasteiger partial charge in [-0.1, -0.05) is 41.4 Å². The van der Waals surface area contributed by atoms with E-state index in [9.17, 15) is 13.2 Å². The Balaban J connectivity index is 1.97. The lowest BCUT2D eigenvalue weighted by molar-refractivity contribution is -0.119. The molecule has 3 aromatic rings. The minimum Gasteiger partial charge on any atom is -0.497 e. The molecule has 0 aliphatic rings. The molecule has 1 N–H and O–H groups in total. The zero-order chi connectivity index (χ0) is 25.6. The minimum atomic E-state index is -4.15. The molecule has 0 heterocycles. The topological polar surface area (TPSA) is 97.3 Å². The van der Waals surface area contributed by atoms with Crippen LogP contribution in [0.4, 0.5) is 5.69 Å². The molecule has 184 valence electrons. The molecule has 0 aromatic heterocycles. The number of hydrazone groups is 1. The van der Waals surface area contributed by atoms with Crippen LogP contribution in [-0.2, 0) is 14.8 Å². The van der Waals surface area contributed by atoms with Crippen LogP contribution in [0.3, 0.4) is 0 Å². The third-order valence-electron chi connectivity index (χ3n) is 5.16. The van der Waals surface area contributed by atoms with E-state index in [1.807, 2.05) is 6.92 Å². The van der Waals surface area contributed by atoms with Gasteiger partial charge in [0.05, 0.1) is 30.5 Å². The summed E-state index contributed by atoms with van der Waals surface area (Å²) in [4.78, 5) is 12.9. The highest BCUT2D eigenvalue weighted by Gasteiger charge is 2.30. The van der Waals surface area contributed by atoms with Crippen molar-refractivity contribution in [2.75, 3.05) is 25.1 Å².